The second-order valence-electron chi connectivity index (χ2n) is 5.51. The molecule has 1 saturated carbocycles. The molecule has 1 aliphatic rings. The predicted octanol–water partition coefficient (Wildman–Crippen LogP) is 3.82. The molecule has 2 aromatic rings. The lowest BCUT2D eigenvalue weighted by Crippen LogP contribution is -2.09. The van der Waals surface area contributed by atoms with Crippen LogP contribution in [0.1, 0.15) is 28.8 Å². The lowest BCUT2D eigenvalue weighted by molar-refractivity contribution is 0.112. The lowest BCUT2D eigenvalue weighted by atomic mass is 10.0. The molecular formula is C17H18BrN3O. The quantitative estimate of drug-likeness (QED) is 0.769. The monoisotopic (exact) mass is 359 g/mol. The van der Waals surface area contributed by atoms with Gasteiger partial charge in [0.1, 0.15) is 5.82 Å². The molecule has 1 fully saturated rings. The second-order valence-corrected chi connectivity index (χ2v) is 6.43. The Kier molecular flexibility index (Phi) is 4.43. The highest BCUT2D eigenvalue weighted by Gasteiger charge is 2.22. The summed E-state index contributed by atoms with van der Waals surface area (Å²) in [6.07, 6.45) is 7.17. The van der Waals surface area contributed by atoms with Gasteiger partial charge in [0.25, 0.3) is 0 Å². The molecule has 1 aliphatic carbocycles. The molecular weight excluding hydrogens is 342 g/mol. The smallest absolute Gasteiger partial charge is 0.151 e. The van der Waals surface area contributed by atoms with Gasteiger partial charge >= 0.3 is 0 Å². The minimum absolute atomic E-state index is 0.663. The fraction of sp³-hybridized carbons (Fsp3) is 0.294. The number of halogens is 1. The van der Waals surface area contributed by atoms with Crippen LogP contribution >= 0.6 is 15.9 Å². The van der Waals surface area contributed by atoms with Crippen molar-refractivity contribution < 1.29 is 4.79 Å². The molecule has 114 valence electrons. The van der Waals surface area contributed by atoms with Gasteiger partial charge in [0.2, 0.25) is 0 Å². The highest BCUT2D eigenvalue weighted by molar-refractivity contribution is 9.10. The Morgan fingerprint density at radius 1 is 1.36 bits per heavy atom. The fourth-order valence-electron chi connectivity index (χ4n) is 2.43. The predicted molar refractivity (Wildman–Crippen MR) is 94.1 cm³/mol. The molecule has 0 saturated heterocycles. The van der Waals surface area contributed by atoms with E-state index < -0.39 is 0 Å². The maximum absolute atomic E-state index is 11.7. The summed E-state index contributed by atoms with van der Waals surface area (Å²) in [6.45, 7) is 0.910. The maximum Gasteiger partial charge on any atom is 0.151 e. The number of anilines is 1. The highest BCUT2D eigenvalue weighted by Crippen LogP contribution is 2.32. The zero-order valence-electron chi connectivity index (χ0n) is 12.4. The minimum atomic E-state index is 0.663. The summed E-state index contributed by atoms with van der Waals surface area (Å²) in [5.41, 5.74) is 2.32. The summed E-state index contributed by atoms with van der Waals surface area (Å²) in [5, 5.41) is 7.23. The van der Waals surface area contributed by atoms with E-state index in [1.807, 2.05) is 37.5 Å². The van der Waals surface area contributed by atoms with Crippen LogP contribution in [0.15, 0.2) is 28.9 Å². The zero-order valence-corrected chi connectivity index (χ0v) is 14.0. The molecule has 0 atom stereocenters. The molecule has 3 rings (SSSR count). The van der Waals surface area contributed by atoms with Crippen molar-refractivity contribution in [2.24, 2.45) is 5.92 Å². The van der Waals surface area contributed by atoms with Gasteiger partial charge in [-0.05, 0) is 49.2 Å². The molecule has 0 aliphatic heterocycles. The van der Waals surface area contributed by atoms with Crippen molar-refractivity contribution in [1.29, 1.82) is 0 Å². The first kappa shape index (κ1) is 15.0. The number of pyridine rings is 1. The number of hydrogen-bond acceptors (Lipinski definition) is 4. The van der Waals surface area contributed by atoms with Crippen molar-refractivity contribution in [3.05, 3.63) is 40.0 Å². The average Bonchev–Trinajstić information content (AvgIpc) is 3.34. The number of aromatic nitrogens is 1. The first-order valence-electron chi connectivity index (χ1n) is 7.39. The Morgan fingerprint density at radius 3 is 2.86 bits per heavy atom. The summed E-state index contributed by atoms with van der Waals surface area (Å²) in [5.74, 6) is 1.51. The van der Waals surface area contributed by atoms with Crippen molar-refractivity contribution in [3.8, 4) is 0 Å². The van der Waals surface area contributed by atoms with Crippen molar-refractivity contribution in [3.63, 3.8) is 0 Å². The van der Waals surface area contributed by atoms with Crippen molar-refractivity contribution >= 4 is 45.0 Å². The van der Waals surface area contributed by atoms with E-state index in [1.165, 1.54) is 12.8 Å². The van der Waals surface area contributed by atoms with E-state index in [0.29, 0.717) is 5.56 Å². The summed E-state index contributed by atoms with van der Waals surface area (Å²) in [7, 11) is 1.83. The third kappa shape index (κ3) is 3.14. The molecule has 2 N–H and O–H groups in total. The highest BCUT2D eigenvalue weighted by atomic mass is 79.9. The second kappa shape index (κ2) is 6.48. The van der Waals surface area contributed by atoms with E-state index in [4.69, 9.17) is 4.98 Å². The van der Waals surface area contributed by atoms with E-state index in [2.05, 4.69) is 26.6 Å². The van der Waals surface area contributed by atoms with Crippen LogP contribution in [0.2, 0.25) is 0 Å². The lowest BCUT2D eigenvalue weighted by Gasteiger charge is -2.13. The van der Waals surface area contributed by atoms with Crippen LogP contribution in [-0.2, 0) is 0 Å². The normalized spacial score (nSPS) is 14.5. The molecule has 4 nitrogen and oxygen atoms in total. The molecule has 0 radical (unpaired) electrons. The Labute approximate surface area is 138 Å². The number of hydrogen-bond donors (Lipinski definition) is 2. The van der Waals surface area contributed by atoms with Gasteiger partial charge in [-0.3, -0.25) is 4.79 Å². The fourth-order valence-corrected chi connectivity index (χ4v) is 2.80. The Morgan fingerprint density at radius 2 is 2.18 bits per heavy atom. The van der Waals surface area contributed by atoms with Gasteiger partial charge in [-0.1, -0.05) is 15.9 Å². The molecule has 22 heavy (non-hydrogen) atoms. The minimum Gasteiger partial charge on any atom is -0.394 e. The zero-order chi connectivity index (χ0) is 15.5. The summed E-state index contributed by atoms with van der Waals surface area (Å²) < 4.78 is 0.937. The first-order valence-corrected chi connectivity index (χ1v) is 8.18. The van der Waals surface area contributed by atoms with Gasteiger partial charge in [0.05, 0.1) is 5.52 Å². The number of nitrogens with one attached hydrogen (secondary N) is 2. The number of carbonyl (C=O) groups excluding carboxylic acids is 1. The van der Waals surface area contributed by atoms with Crippen LogP contribution in [0.25, 0.3) is 17.0 Å². The number of nitrogens with zero attached hydrogens (tertiary/aromatic N) is 1. The maximum atomic E-state index is 11.7. The number of carbonyl (C=O) groups is 1. The van der Waals surface area contributed by atoms with E-state index in [0.717, 1.165) is 45.5 Å². The topological polar surface area (TPSA) is 54.0 Å². The van der Waals surface area contributed by atoms with Crippen LogP contribution in [-0.4, -0.2) is 24.9 Å². The number of fused-ring (bicyclic) bond motifs is 1. The Hall–Kier alpha value is -1.88. The van der Waals surface area contributed by atoms with E-state index in [9.17, 15) is 4.79 Å². The van der Waals surface area contributed by atoms with Crippen LogP contribution in [0.5, 0.6) is 0 Å². The van der Waals surface area contributed by atoms with Gasteiger partial charge in [-0.2, -0.15) is 0 Å². The summed E-state index contributed by atoms with van der Waals surface area (Å²) in [6, 6.07) is 5.81. The van der Waals surface area contributed by atoms with E-state index in [-0.39, 0.29) is 0 Å². The molecule has 5 heteroatoms. The van der Waals surface area contributed by atoms with Crippen molar-refractivity contribution in [2.45, 2.75) is 12.8 Å². The van der Waals surface area contributed by atoms with Gasteiger partial charge in [0.15, 0.2) is 6.29 Å². The van der Waals surface area contributed by atoms with Crippen molar-refractivity contribution in [2.75, 3.05) is 18.9 Å². The van der Waals surface area contributed by atoms with Crippen molar-refractivity contribution in [1.82, 2.24) is 10.3 Å². The summed E-state index contributed by atoms with van der Waals surface area (Å²) >= 11 is 3.46. The molecule has 1 aromatic heterocycles. The third-order valence-electron chi connectivity index (χ3n) is 3.82. The van der Waals surface area contributed by atoms with Crippen LogP contribution < -0.4 is 10.6 Å². The average molecular weight is 360 g/mol. The van der Waals surface area contributed by atoms with Gasteiger partial charge in [-0.25, -0.2) is 4.98 Å². The third-order valence-corrected chi connectivity index (χ3v) is 4.31. The van der Waals surface area contributed by atoms with Crippen LogP contribution in [0.4, 0.5) is 5.82 Å². The standard InChI is InChI=1S/C17H18BrN3O/c1-19-7-6-13-15(10-22)14-8-12(18)4-5-16(14)21-17(13)20-9-11-2-3-11/h4-8,10-11,19H,2-3,9H2,1H3,(H,20,21)/b7-6-. The van der Waals surface area contributed by atoms with Gasteiger partial charge in [0, 0.05) is 34.6 Å². The molecule has 0 spiro atoms. The SMILES string of the molecule is CN/C=C\c1c(NCC2CC2)nc2ccc(Br)cc2c1C=O. The summed E-state index contributed by atoms with van der Waals surface area (Å²) in [4.78, 5) is 16.4. The molecule has 1 heterocycles. The molecule has 0 amide bonds. The van der Waals surface area contributed by atoms with Gasteiger partial charge < -0.3 is 10.6 Å². The number of rotatable bonds is 6. The Bertz CT molecular complexity index is 738. The molecule has 0 bridgehead atoms. The number of benzene rings is 1. The number of aldehydes is 1. The van der Waals surface area contributed by atoms with E-state index >= 15 is 0 Å². The van der Waals surface area contributed by atoms with Crippen LogP contribution in [0.3, 0.4) is 0 Å². The van der Waals surface area contributed by atoms with E-state index in [1.54, 1.807) is 0 Å². The Balaban J connectivity index is 2.14. The molecule has 0 unspecified atom stereocenters. The molecule has 1 aromatic carbocycles. The van der Waals surface area contributed by atoms with Crippen LogP contribution in [0, 0.1) is 5.92 Å². The van der Waals surface area contributed by atoms with Gasteiger partial charge in [-0.15, -0.1) is 0 Å². The first-order chi connectivity index (χ1) is 10.7. The largest absolute Gasteiger partial charge is 0.394 e.